The van der Waals surface area contributed by atoms with Gasteiger partial charge in [0.05, 0.1) is 6.61 Å². The maximum Gasteiger partial charge on any atom is 0.213 e. The van der Waals surface area contributed by atoms with Crippen LogP contribution < -0.4 is 10.1 Å². The van der Waals surface area contributed by atoms with Gasteiger partial charge in [-0.3, -0.25) is 0 Å². The summed E-state index contributed by atoms with van der Waals surface area (Å²) in [4.78, 5) is 8.57. The van der Waals surface area contributed by atoms with E-state index in [1.165, 1.54) is 12.8 Å². The van der Waals surface area contributed by atoms with Crippen molar-refractivity contribution in [3.8, 4) is 11.9 Å². The lowest BCUT2D eigenvalue weighted by molar-refractivity contribution is 0.288. The Hall–Kier alpha value is -2.61. The van der Waals surface area contributed by atoms with Crippen LogP contribution in [0.3, 0.4) is 0 Å². The van der Waals surface area contributed by atoms with Gasteiger partial charge in [0.2, 0.25) is 5.88 Å². The molecule has 0 amide bonds. The molecule has 0 saturated heterocycles. The normalized spacial score (nSPS) is 13.5. The second kappa shape index (κ2) is 6.44. The van der Waals surface area contributed by atoms with E-state index in [1.54, 1.807) is 6.20 Å². The zero-order valence-electron chi connectivity index (χ0n) is 12.5. The van der Waals surface area contributed by atoms with Crippen molar-refractivity contribution >= 4 is 5.82 Å². The average molecular weight is 294 g/mol. The lowest BCUT2D eigenvalue weighted by atomic mass is 10.2. The molecule has 1 saturated carbocycles. The SMILES string of the molecule is Cc1ccc(NCc2ccc(OCC3CC3)nc2)nc1C#N. The lowest BCUT2D eigenvalue weighted by Crippen LogP contribution is -2.04. The van der Waals surface area contributed by atoms with E-state index in [0.29, 0.717) is 23.9 Å². The molecule has 0 aromatic carbocycles. The second-order valence-electron chi connectivity index (χ2n) is 5.59. The average Bonchev–Trinajstić information content (AvgIpc) is 3.37. The van der Waals surface area contributed by atoms with Gasteiger partial charge >= 0.3 is 0 Å². The molecule has 2 heterocycles. The predicted molar refractivity (Wildman–Crippen MR) is 83.5 cm³/mol. The first-order chi connectivity index (χ1) is 10.7. The van der Waals surface area contributed by atoms with Crippen molar-refractivity contribution in [2.75, 3.05) is 11.9 Å². The fourth-order valence-corrected chi connectivity index (χ4v) is 2.02. The number of aromatic nitrogens is 2. The Morgan fingerprint density at radius 1 is 1.32 bits per heavy atom. The minimum Gasteiger partial charge on any atom is -0.477 e. The van der Waals surface area contributed by atoms with Crippen molar-refractivity contribution in [1.82, 2.24) is 9.97 Å². The van der Waals surface area contributed by atoms with E-state index in [4.69, 9.17) is 10.00 Å². The zero-order chi connectivity index (χ0) is 15.4. The number of rotatable bonds is 6. The topological polar surface area (TPSA) is 70.8 Å². The van der Waals surface area contributed by atoms with Gasteiger partial charge in [0.15, 0.2) is 0 Å². The molecule has 1 fully saturated rings. The van der Waals surface area contributed by atoms with Crippen molar-refractivity contribution in [2.24, 2.45) is 5.92 Å². The van der Waals surface area contributed by atoms with Crippen LogP contribution in [-0.2, 0) is 6.54 Å². The van der Waals surface area contributed by atoms with Crippen LogP contribution in [-0.4, -0.2) is 16.6 Å². The molecule has 112 valence electrons. The largest absolute Gasteiger partial charge is 0.477 e. The zero-order valence-corrected chi connectivity index (χ0v) is 12.5. The van der Waals surface area contributed by atoms with Gasteiger partial charge in [-0.05, 0) is 42.9 Å². The highest BCUT2D eigenvalue weighted by Gasteiger charge is 2.21. The van der Waals surface area contributed by atoms with Crippen molar-refractivity contribution < 1.29 is 4.74 Å². The summed E-state index contributed by atoms with van der Waals surface area (Å²) in [6, 6.07) is 9.73. The Morgan fingerprint density at radius 2 is 2.18 bits per heavy atom. The first kappa shape index (κ1) is 14.3. The molecule has 1 aliphatic rings. The van der Waals surface area contributed by atoms with Gasteiger partial charge in [-0.25, -0.2) is 9.97 Å². The van der Waals surface area contributed by atoms with Crippen LogP contribution in [0.4, 0.5) is 5.82 Å². The van der Waals surface area contributed by atoms with Crippen LogP contribution in [0.15, 0.2) is 30.5 Å². The summed E-state index contributed by atoms with van der Waals surface area (Å²) in [5.41, 5.74) is 2.37. The predicted octanol–water partition coefficient (Wildman–Crippen LogP) is 3.06. The monoisotopic (exact) mass is 294 g/mol. The molecular weight excluding hydrogens is 276 g/mol. The van der Waals surface area contributed by atoms with Gasteiger partial charge in [0.1, 0.15) is 17.6 Å². The Bertz CT molecular complexity index is 687. The molecular formula is C17H18N4O. The number of hydrogen-bond acceptors (Lipinski definition) is 5. The molecule has 0 atom stereocenters. The van der Waals surface area contributed by atoms with E-state index in [9.17, 15) is 0 Å². The van der Waals surface area contributed by atoms with E-state index in [1.807, 2.05) is 31.2 Å². The molecule has 0 spiro atoms. The van der Waals surface area contributed by atoms with E-state index >= 15 is 0 Å². The summed E-state index contributed by atoms with van der Waals surface area (Å²) in [5.74, 6) is 2.09. The fraction of sp³-hybridized carbons (Fsp3) is 0.353. The minimum absolute atomic E-state index is 0.451. The van der Waals surface area contributed by atoms with Gasteiger partial charge < -0.3 is 10.1 Å². The van der Waals surface area contributed by atoms with Crippen LogP contribution in [0.2, 0.25) is 0 Å². The summed E-state index contributed by atoms with van der Waals surface area (Å²) in [7, 11) is 0. The number of ether oxygens (including phenoxy) is 1. The highest BCUT2D eigenvalue weighted by Crippen LogP contribution is 2.29. The van der Waals surface area contributed by atoms with Crippen LogP contribution in [0.25, 0.3) is 0 Å². The molecule has 5 heteroatoms. The van der Waals surface area contributed by atoms with Gasteiger partial charge in [0.25, 0.3) is 0 Å². The third kappa shape index (κ3) is 3.73. The number of nitrogens with zero attached hydrogens (tertiary/aromatic N) is 3. The lowest BCUT2D eigenvalue weighted by Gasteiger charge is -2.08. The summed E-state index contributed by atoms with van der Waals surface area (Å²) in [6.45, 7) is 3.26. The quantitative estimate of drug-likeness (QED) is 0.886. The smallest absolute Gasteiger partial charge is 0.213 e. The van der Waals surface area contributed by atoms with Gasteiger partial charge in [-0.2, -0.15) is 5.26 Å². The number of nitrogens with one attached hydrogen (secondary N) is 1. The molecule has 2 aromatic rings. The van der Waals surface area contributed by atoms with Crippen molar-refractivity contribution in [1.29, 1.82) is 5.26 Å². The first-order valence-corrected chi connectivity index (χ1v) is 7.44. The second-order valence-corrected chi connectivity index (χ2v) is 5.59. The Morgan fingerprint density at radius 3 is 2.86 bits per heavy atom. The molecule has 0 bridgehead atoms. The Balaban J connectivity index is 1.55. The van der Waals surface area contributed by atoms with E-state index < -0.39 is 0 Å². The molecule has 22 heavy (non-hydrogen) atoms. The number of hydrogen-bond donors (Lipinski definition) is 1. The maximum atomic E-state index is 8.99. The maximum absolute atomic E-state index is 8.99. The third-order valence-electron chi connectivity index (χ3n) is 3.64. The molecule has 3 rings (SSSR count). The van der Waals surface area contributed by atoms with Crippen molar-refractivity contribution in [2.45, 2.75) is 26.3 Å². The number of pyridine rings is 2. The summed E-state index contributed by atoms with van der Waals surface area (Å²) >= 11 is 0. The van der Waals surface area contributed by atoms with Gasteiger partial charge in [-0.1, -0.05) is 12.1 Å². The minimum atomic E-state index is 0.451. The van der Waals surface area contributed by atoms with Gasteiger partial charge in [0, 0.05) is 18.8 Å². The summed E-state index contributed by atoms with van der Waals surface area (Å²) in [6.07, 6.45) is 4.35. The van der Waals surface area contributed by atoms with Crippen molar-refractivity contribution in [3.05, 3.63) is 47.3 Å². The number of nitriles is 1. The van der Waals surface area contributed by atoms with E-state index in [-0.39, 0.29) is 0 Å². The molecule has 0 radical (unpaired) electrons. The fourth-order valence-electron chi connectivity index (χ4n) is 2.02. The molecule has 1 aliphatic carbocycles. The van der Waals surface area contributed by atoms with Crippen LogP contribution in [0, 0.1) is 24.2 Å². The summed E-state index contributed by atoms with van der Waals surface area (Å²) < 4.78 is 5.61. The van der Waals surface area contributed by atoms with Crippen LogP contribution in [0.1, 0.15) is 29.7 Å². The molecule has 2 aromatic heterocycles. The standard InChI is InChI=1S/C17H18N4O/c1-12-2-6-16(21-15(12)8-18)19-9-14-5-7-17(20-10-14)22-11-13-3-4-13/h2,5-7,10,13H,3-4,9,11H2,1H3,(H,19,21). The number of anilines is 1. The number of aryl methyl sites for hydroxylation is 1. The summed E-state index contributed by atoms with van der Waals surface area (Å²) in [5, 5.41) is 12.2. The molecule has 1 N–H and O–H groups in total. The molecule has 5 nitrogen and oxygen atoms in total. The van der Waals surface area contributed by atoms with Gasteiger partial charge in [-0.15, -0.1) is 0 Å². The Kier molecular flexibility index (Phi) is 4.19. The van der Waals surface area contributed by atoms with Crippen molar-refractivity contribution in [3.63, 3.8) is 0 Å². The van der Waals surface area contributed by atoms with E-state index in [2.05, 4.69) is 21.4 Å². The highest BCUT2D eigenvalue weighted by molar-refractivity contribution is 5.42. The highest BCUT2D eigenvalue weighted by atomic mass is 16.5. The first-order valence-electron chi connectivity index (χ1n) is 7.44. The molecule has 0 unspecified atom stereocenters. The van der Waals surface area contributed by atoms with Crippen LogP contribution >= 0.6 is 0 Å². The third-order valence-corrected chi connectivity index (χ3v) is 3.64. The Labute approximate surface area is 130 Å². The van der Waals surface area contributed by atoms with Crippen LogP contribution in [0.5, 0.6) is 5.88 Å². The van der Waals surface area contributed by atoms with E-state index in [0.717, 1.165) is 23.7 Å². The molecule has 0 aliphatic heterocycles.